The van der Waals surface area contributed by atoms with Crippen molar-refractivity contribution in [2.24, 2.45) is 0 Å². The van der Waals surface area contributed by atoms with Gasteiger partial charge < -0.3 is 9.97 Å². The largest absolute Gasteiger partial charge is 0.308 e. The molecule has 4 heteroatoms. The van der Waals surface area contributed by atoms with Crippen molar-refractivity contribution in [1.29, 1.82) is 0 Å². The minimum absolute atomic E-state index is 0.212. The van der Waals surface area contributed by atoms with Gasteiger partial charge in [-0.05, 0) is 17.7 Å². The Bertz CT molecular complexity index is 816. The molecule has 0 saturated heterocycles. The molecule has 2 aromatic heterocycles. The van der Waals surface area contributed by atoms with E-state index in [0.717, 1.165) is 10.9 Å². The quantitative estimate of drug-likeness (QED) is 0.679. The highest BCUT2D eigenvalue weighted by Crippen LogP contribution is 2.17. The lowest BCUT2D eigenvalue weighted by Gasteiger charge is -2.02. The Morgan fingerprint density at radius 1 is 0.833 bits per heavy atom. The first-order chi connectivity index (χ1) is 8.74. The highest BCUT2D eigenvalue weighted by atomic mass is 16.1. The van der Waals surface area contributed by atoms with E-state index in [1.165, 1.54) is 6.07 Å². The molecule has 1 aromatic carbocycles. The van der Waals surface area contributed by atoms with Crippen molar-refractivity contribution in [2.75, 3.05) is 0 Å². The van der Waals surface area contributed by atoms with Gasteiger partial charge in [-0.25, -0.2) is 0 Å². The van der Waals surface area contributed by atoms with Gasteiger partial charge in [0.1, 0.15) is 5.65 Å². The Hall–Kier alpha value is -2.62. The van der Waals surface area contributed by atoms with Crippen LogP contribution in [-0.4, -0.2) is 9.97 Å². The smallest absolute Gasteiger partial charge is 0.257 e. The molecule has 0 atom stereocenters. The highest BCUT2D eigenvalue weighted by molar-refractivity contribution is 5.80. The van der Waals surface area contributed by atoms with Gasteiger partial charge >= 0.3 is 0 Å². The van der Waals surface area contributed by atoms with E-state index in [4.69, 9.17) is 0 Å². The van der Waals surface area contributed by atoms with E-state index in [0.29, 0.717) is 11.2 Å². The average molecular weight is 238 g/mol. The molecule has 0 radical (unpaired) electrons. The summed E-state index contributed by atoms with van der Waals surface area (Å²) < 4.78 is 0. The van der Waals surface area contributed by atoms with Crippen LogP contribution in [0.15, 0.2) is 58.1 Å². The fraction of sp³-hybridized carbons (Fsp3) is 0. The van der Waals surface area contributed by atoms with Crippen molar-refractivity contribution in [3.05, 3.63) is 69.2 Å². The summed E-state index contributed by atoms with van der Waals surface area (Å²) in [7, 11) is 0. The number of rotatable bonds is 1. The van der Waals surface area contributed by atoms with E-state index in [-0.39, 0.29) is 11.1 Å². The first-order valence-electron chi connectivity index (χ1n) is 5.56. The monoisotopic (exact) mass is 238 g/mol. The molecule has 0 aliphatic carbocycles. The van der Waals surface area contributed by atoms with Gasteiger partial charge in [0.2, 0.25) is 5.56 Å². The van der Waals surface area contributed by atoms with Crippen molar-refractivity contribution in [3.8, 4) is 11.1 Å². The van der Waals surface area contributed by atoms with Gasteiger partial charge in [0, 0.05) is 17.0 Å². The Kier molecular flexibility index (Phi) is 2.34. The normalized spacial score (nSPS) is 10.7. The Labute approximate surface area is 102 Å². The predicted octanol–water partition coefficient (Wildman–Crippen LogP) is 1.88. The molecule has 0 amide bonds. The van der Waals surface area contributed by atoms with Gasteiger partial charge in [-0.3, -0.25) is 9.59 Å². The number of benzene rings is 1. The first kappa shape index (κ1) is 10.5. The molecule has 0 aliphatic heterocycles. The lowest BCUT2D eigenvalue weighted by atomic mass is 10.1. The van der Waals surface area contributed by atoms with E-state index >= 15 is 0 Å². The summed E-state index contributed by atoms with van der Waals surface area (Å²) in [5.41, 5.74) is 1.45. The van der Waals surface area contributed by atoms with Crippen LogP contribution in [-0.2, 0) is 0 Å². The zero-order valence-corrected chi connectivity index (χ0v) is 9.44. The molecule has 0 aliphatic rings. The third kappa shape index (κ3) is 1.73. The van der Waals surface area contributed by atoms with E-state index < -0.39 is 0 Å². The predicted molar refractivity (Wildman–Crippen MR) is 70.6 cm³/mol. The maximum absolute atomic E-state index is 12.0. The summed E-state index contributed by atoms with van der Waals surface area (Å²) in [6.07, 6.45) is 0. The zero-order valence-electron chi connectivity index (χ0n) is 9.44. The lowest BCUT2D eigenvalue weighted by Crippen LogP contribution is -2.12. The number of nitrogens with one attached hydrogen (secondary N) is 2. The summed E-state index contributed by atoms with van der Waals surface area (Å²) in [4.78, 5) is 28.4. The van der Waals surface area contributed by atoms with Crippen LogP contribution in [0, 0.1) is 0 Å². The summed E-state index contributed by atoms with van der Waals surface area (Å²) >= 11 is 0. The molecule has 0 bridgehead atoms. The molecule has 3 rings (SSSR count). The molecule has 3 aromatic rings. The third-order valence-corrected chi connectivity index (χ3v) is 2.82. The van der Waals surface area contributed by atoms with E-state index in [1.54, 1.807) is 12.1 Å². The molecule has 2 heterocycles. The lowest BCUT2D eigenvalue weighted by molar-refractivity contribution is 1.20. The fourth-order valence-corrected chi connectivity index (χ4v) is 1.94. The molecular formula is C14H10N2O2. The molecule has 4 nitrogen and oxygen atoms in total. The van der Waals surface area contributed by atoms with Crippen molar-refractivity contribution in [1.82, 2.24) is 9.97 Å². The van der Waals surface area contributed by atoms with Crippen LogP contribution in [0.3, 0.4) is 0 Å². The number of hydrogen-bond acceptors (Lipinski definition) is 2. The Morgan fingerprint density at radius 3 is 2.39 bits per heavy atom. The van der Waals surface area contributed by atoms with Crippen LogP contribution < -0.4 is 11.1 Å². The second-order valence-electron chi connectivity index (χ2n) is 4.03. The van der Waals surface area contributed by atoms with Crippen molar-refractivity contribution < 1.29 is 0 Å². The van der Waals surface area contributed by atoms with Gasteiger partial charge in [-0.2, -0.15) is 0 Å². The van der Waals surface area contributed by atoms with Crippen LogP contribution >= 0.6 is 0 Å². The van der Waals surface area contributed by atoms with E-state index in [9.17, 15) is 9.59 Å². The van der Waals surface area contributed by atoms with Crippen LogP contribution in [0.25, 0.3) is 22.2 Å². The number of aromatic nitrogens is 2. The van der Waals surface area contributed by atoms with Crippen LogP contribution in [0.4, 0.5) is 0 Å². The zero-order chi connectivity index (χ0) is 12.5. The maximum atomic E-state index is 12.0. The summed E-state index contributed by atoms with van der Waals surface area (Å²) in [5.74, 6) is 0. The molecule has 18 heavy (non-hydrogen) atoms. The fourth-order valence-electron chi connectivity index (χ4n) is 1.94. The van der Waals surface area contributed by atoms with Crippen molar-refractivity contribution in [3.63, 3.8) is 0 Å². The maximum Gasteiger partial charge on any atom is 0.257 e. The molecule has 2 N–H and O–H groups in total. The SMILES string of the molecule is O=c1ccc2cc(-c3ccccc3)c(=O)[nH]c2[nH]1. The topological polar surface area (TPSA) is 65.7 Å². The number of pyridine rings is 2. The average Bonchev–Trinajstić information content (AvgIpc) is 2.39. The van der Waals surface area contributed by atoms with Crippen LogP contribution in [0.2, 0.25) is 0 Å². The second-order valence-corrected chi connectivity index (χ2v) is 4.03. The van der Waals surface area contributed by atoms with Gasteiger partial charge in [-0.15, -0.1) is 0 Å². The Morgan fingerprint density at radius 2 is 1.61 bits per heavy atom. The number of H-pyrrole nitrogens is 2. The summed E-state index contributed by atoms with van der Waals surface area (Å²) in [5, 5.41) is 0.799. The molecular weight excluding hydrogens is 228 g/mol. The standard InChI is InChI=1S/C14H10N2O2/c17-12-7-6-10-8-11(9-4-2-1-3-5-9)14(18)16-13(10)15-12/h1-8H,(H2,15,16,17,18). The summed E-state index contributed by atoms with van der Waals surface area (Å²) in [6.45, 7) is 0. The van der Waals surface area contributed by atoms with Crippen molar-refractivity contribution in [2.45, 2.75) is 0 Å². The number of fused-ring (bicyclic) bond motifs is 1. The number of aromatic amines is 2. The first-order valence-corrected chi connectivity index (χ1v) is 5.56. The van der Waals surface area contributed by atoms with Gasteiger partial charge in [0.25, 0.3) is 5.56 Å². The molecule has 0 fully saturated rings. The third-order valence-electron chi connectivity index (χ3n) is 2.82. The van der Waals surface area contributed by atoms with Crippen LogP contribution in [0.1, 0.15) is 0 Å². The molecule has 0 unspecified atom stereocenters. The van der Waals surface area contributed by atoms with Gasteiger partial charge in [0.05, 0.1) is 0 Å². The van der Waals surface area contributed by atoms with Gasteiger partial charge in [-0.1, -0.05) is 30.3 Å². The van der Waals surface area contributed by atoms with E-state index in [1.807, 2.05) is 30.3 Å². The second kappa shape index (κ2) is 4.00. The Balaban J connectivity index is 2.32. The van der Waals surface area contributed by atoms with E-state index in [2.05, 4.69) is 9.97 Å². The number of hydrogen-bond donors (Lipinski definition) is 2. The molecule has 0 spiro atoms. The molecule has 88 valence electrons. The van der Waals surface area contributed by atoms with Gasteiger partial charge in [0.15, 0.2) is 0 Å². The van der Waals surface area contributed by atoms with Crippen molar-refractivity contribution >= 4 is 11.0 Å². The summed E-state index contributed by atoms with van der Waals surface area (Å²) in [6, 6.07) is 14.3. The minimum atomic E-state index is -0.231. The molecule has 0 saturated carbocycles. The minimum Gasteiger partial charge on any atom is -0.308 e. The highest BCUT2D eigenvalue weighted by Gasteiger charge is 2.05. The van der Waals surface area contributed by atoms with Crippen LogP contribution in [0.5, 0.6) is 0 Å².